The van der Waals surface area contributed by atoms with Crippen LogP contribution in [0.3, 0.4) is 0 Å². The second-order valence-corrected chi connectivity index (χ2v) is 4.97. The summed E-state index contributed by atoms with van der Waals surface area (Å²) < 4.78 is 0. The van der Waals surface area contributed by atoms with E-state index >= 15 is 0 Å². The fraction of sp³-hybridized carbons (Fsp3) is 0.312. The molecule has 1 heteroatoms. The van der Waals surface area contributed by atoms with Crippen molar-refractivity contribution in [2.75, 3.05) is 0 Å². The van der Waals surface area contributed by atoms with E-state index in [1.54, 1.807) is 0 Å². The number of nitrogens with zero attached hydrogens (tertiary/aromatic N) is 1. The highest BCUT2D eigenvalue weighted by atomic mass is 14.7. The highest BCUT2D eigenvalue weighted by Crippen LogP contribution is 2.28. The van der Waals surface area contributed by atoms with Crippen LogP contribution < -0.4 is 0 Å². The average Bonchev–Trinajstić information content (AvgIpc) is 2.77. The van der Waals surface area contributed by atoms with E-state index in [0.717, 1.165) is 12.1 Å². The van der Waals surface area contributed by atoms with E-state index in [9.17, 15) is 0 Å². The fourth-order valence-corrected chi connectivity index (χ4v) is 2.70. The van der Waals surface area contributed by atoms with Crippen LogP contribution in [0.1, 0.15) is 28.8 Å². The Morgan fingerprint density at radius 2 is 1.94 bits per heavy atom. The molecular weight excluding hydrogens is 206 g/mol. The summed E-state index contributed by atoms with van der Waals surface area (Å²) in [5.41, 5.74) is 7.88. The minimum atomic E-state index is 1.13. The number of fused-ring (bicyclic) bond motifs is 1. The quantitative estimate of drug-likeness (QED) is 0.715. The molecule has 0 N–H and O–H groups in total. The molecule has 0 aliphatic heterocycles. The van der Waals surface area contributed by atoms with Gasteiger partial charge in [0, 0.05) is 11.3 Å². The first-order valence-corrected chi connectivity index (χ1v) is 6.30. The van der Waals surface area contributed by atoms with Gasteiger partial charge in [-0.25, -0.2) is 0 Å². The van der Waals surface area contributed by atoms with Crippen LogP contribution in [0.2, 0.25) is 0 Å². The third-order valence-electron chi connectivity index (χ3n) is 3.59. The molecule has 0 unspecified atom stereocenters. The molecule has 0 fully saturated rings. The normalized spacial score (nSPS) is 13.8. The van der Waals surface area contributed by atoms with Gasteiger partial charge in [0.2, 0.25) is 0 Å². The summed E-state index contributed by atoms with van der Waals surface area (Å²) in [5, 5.41) is 0. The summed E-state index contributed by atoms with van der Waals surface area (Å²) in [6.45, 7) is 4.34. The Morgan fingerprint density at radius 1 is 1.06 bits per heavy atom. The Kier molecular flexibility index (Phi) is 2.47. The van der Waals surface area contributed by atoms with Crippen LogP contribution in [-0.4, -0.2) is 4.98 Å². The minimum Gasteiger partial charge on any atom is -0.253 e. The van der Waals surface area contributed by atoms with Crippen molar-refractivity contribution in [1.82, 2.24) is 4.98 Å². The van der Waals surface area contributed by atoms with Gasteiger partial charge < -0.3 is 0 Å². The molecule has 0 saturated heterocycles. The lowest BCUT2D eigenvalue weighted by molar-refractivity contribution is 0.899. The van der Waals surface area contributed by atoms with Crippen LogP contribution in [0, 0.1) is 13.8 Å². The van der Waals surface area contributed by atoms with E-state index in [1.807, 2.05) is 0 Å². The van der Waals surface area contributed by atoms with Crippen LogP contribution in [0.5, 0.6) is 0 Å². The predicted molar refractivity (Wildman–Crippen MR) is 71.2 cm³/mol. The maximum absolute atomic E-state index is 4.83. The molecule has 0 radical (unpaired) electrons. The summed E-state index contributed by atoms with van der Waals surface area (Å²) in [7, 11) is 0. The number of hydrogen-bond acceptors (Lipinski definition) is 1. The van der Waals surface area contributed by atoms with Crippen LogP contribution in [0.25, 0.3) is 11.3 Å². The second kappa shape index (κ2) is 3.99. The molecule has 1 heterocycles. The number of hydrogen-bond donors (Lipinski definition) is 0. The molecule has 0 amide bonds. The number of aryl methyl sites for hydroxylation is 3. The van der Waals surface area contributed by atoms with Crippen LogP contribution >= 0.6 is 0 Å². The molecule has 1 nitrogen and oxygen atoms in total. The van der Waals surface area contributed by atoms with Crippen molar-refractivity contribution < 1.29 is 0 Å². The summed E-state index contributed by atoms with van der Waals surface area (Å²) in [4.78, 5) is 4.83. The van der Waals surface area contributed by atoms with Gasteiger partial charge in [0.15, 0.2) is 0 Å². The first-order valence-electron chi connectivity index (χ1n) is 6.30. The number of pyridine rings is 1. The molecule has 86 valence electrons. The Bertz CT molecular complexity index is 570. The van der Waals surface area contributed by atoms with Crippen molar-refractivity contribution in [3.8, 4) is 11.3 Å². The average molecular weight is 223 g/mol. The van der Waals surface area contributed by atoms with Gasteiger partial charge in [0.1, 0.15) is 0 Å². The van der Waals surface area contributed by atoms with Gasteiger partial charge in [0.25, 0.3) is 0 Å². The zero-order valence-corrected chi connectivity index (χ0v) is 10.5. The molecule has 17 heavy (non-hydrogen) atoms. The van der Waals surface area contributed by atoms with Crippen LogP contribution in [-0.2, 0) is 12.8 Å². The first kappa shape index (κ1) is 10.5. The SMILES string of the molecule is Cc1cccc(-c2cc(C)c3c(n2)CCC3)c1. The molecule has 0 atom stereocenters. The van der Waals surface area contributed by atoms with E-state index in [0.29, 0.717) is 0 Å². The number of rotatable bonds is 1. The zero-order chi connectivity index (χ0) is 11.8. The van der Waals surface area contributed by atoms with E-state index in [4.69, 9.17) is 4.98 Å². The van der Waals surface area contributed by atoms with Crippen molar-refractivity contribution in [3.05, 3.63) is 52.7 Å². The number of aromatic nitrogens is 1. The van der Waals surface area contributed by atoms with Crippen molar-refractivity contribution >= 4 is 0 Å². The lowest BCUT2D eigenvalue weighted by Gasteiger charge is -2.08. The third kappa shape index (κ3) is 1.86. The second-order valence-electron chi connectivity index (χ2n) is 4.97. The Labute approximate surface area is 103 Å². The van der Waals surface area contributed by atoms with Gasteiger partial charge in [-0.3, -0.25) is 4.98 Å². The fourth-order valence-electron chi connectivity index (χ4n) is 2.70. The molecule has 3 rings (SSSR count). The Balaban J connectivity index is 2.13. The molecule has 2 aromatic rings. The van der Waals surface area contributed by atoms with Crippen LogP contribution in [0.4, 0.5) is 0 Å². The van der Waals surface area contributed by atoms with Gasteiger partial charge >= 0.3 is 0 Å². The third-order valence-corrected chi connectivity index (χ3v) is 3.59. The molecule has 0 bridgehead atoms. The Morgan fingerprint density at radius 3 is 2.76 bits per heavy atom. The highest BCUT2D eigenvalue weighted by Gasteiger charge is 2.16. The van der Waals surface area contributed by atoms with E-state index in [-0.39, 0.29) is 0 Å². The van der Waals surface area contributed by atoms with Crippen molar-refractivity contribution in [3.63, 3.8) is 0 Å². The molecule has 1 aliphatic rings. The predicted octanol–water partition coefficient (Wildman–Crippen LogP) is 3.85. The maximum Gasteiger partial charge on any atom is 0.0708 e. The van der Waals surface area contributed by atoms with Crippen LogP contribution in [0.15, 0.2) is 30.3 Å². The summed E-state index contributed by atoms with van der Waals surface area (Å²) in [5.74, 6) is 0. The molecule has 0 saturated carbocycles. The van der Waals surface area contributed by atoms with Crippen molar-refractivity contribution in [2.45, 2.75) is 33.1 Å². The first-order chi connectivity index (χ1) is 8.24. The van der Waals surface area contributed by atoms with E-state index in [2.05, 4.69) is 44.2 Å². The molecule has 1 aromatic carbocycles. The van der Waals surface area contributed by atoms with Gasteiger partial charge in [-0.1, -0.05) is 23.8 Å². The lowest BCUT2D eigenvalue weighted by Crippen LogP contribution is -1.95. The highest BCUT2D eigenvalue weighted by molar-refractivity contribution is 5.62. The molecule has 0 spiro atoms. The summed E-state index contributed by atoms with van der Waals surface area (Å²) in [6, 6.07) is 10.8. The molecule has 1 aromatic heterocycles. The standard InChI is InChI=1S/C16H17N/c1-11-5-3-6-13(9-11)16-10-12(2)14-7-4-8-15(14)17-16/h3,5-6,9-10H,4,7-8H2,1-2H3. The zero-order valence-electron chi connectivity index (χ0n) is 10.5. The van der Waals surface area contributed by atoms with Gasteiger partial charge in [0.05, 0.1) is 5.69 Å². The van der Waals surface area contributed by atoms with E-state index in [1.165, 1.54) is 40.8 Å². The lowest BCUT2D eigenvalue weighted by atomic mass is 10.0. The maximum atomic E-state index is 4.83. The van der Waals surface area contributed by atoms with Crippen molar-refractivity contribution in [2.24, 2.45) is 0 Å². The van der Waals surface area contributed by atoms with Gasteiger partial charge in [-0.15, -0.1) is 0 Å². The van der Waals surface area contributed by atoms with Gasteiger partial charge in [-0.05, 0) is 56.4 Å². The largest absolute Gasteiger partial charge is 0.253 e. The monoisotopic (exact) mass is 223 g/mol. The molecule has 1 aliphatic carbocycles. The van der Waals surface area contributed by atoms with E-state index < -0.39 is 0 Å². The number of benzene rings is 1. The molecular formula is C16H17N. The minimum absolute atomic E-state index is 1.13. The Hall–Kier alpha value is -1.63. The smallest absolute Gasteiger partial charge is 0.0708 e. The summed E-state index contributed by atoms with van der Waals surface area (Å²) >= 11 is 0. The summed E-state index contributed by atoms with van der Waals surface area (Å²) in [6.07, 6.45) is 3.62. The topological polar surface area (TPSA) is 12.9 Å². The van der Waals surface area contributed by atoms with Gasteiger partial charge in [-0.2, -0.15) is 0 Å². The van der Waals surface area contributed by atoms with Crippen molar-refractivity contribution in [1.29, 1.82) is 0 Å².